The Morgan fingerprint density at radius 3 is 3.05 bits per heavy atom. The van der Waals surface area contributed by atoms with Gasteiger partial charge in [-0.15, -0.1) is 11.3 Å². The first kappa shape index (κ1) is 13.6. The lowest BCUT2D eigenvalue weighted by Crippen LogP contribution is -2.35. The first-order valence-corrected chi connectivity index (χ1v) is 7.37. The van der Waals surface area contributed by atoms with Crippen molar-refractivity contribution >= 4 is 34.5 Å². The van der Waals surface area contributed by atoms with Gasteiger partial charge in [0.25, 0.3) is 5.91 Å². The van der Waals surface area contributed by atoms with Gasteiger partial charge in [-0.05, 0) is 29.6 Å². The highest BCUT2D eigenvalue weighted by atomic mass is 32.1. The summed E-state index contributed by atoms with van der Waals surface area (Å²) in [5.41, 5.74) is 1.32. The number of carbonyl (C=O) groups excluding carboxylic acids is 2. The molecule has 5 nitrogen and oxygen atoms in total. The quantitative estimate of drug-likeness (QED) is 0.946. The number of hydrogen-bond acceptors (Lipinski definition) is 4. The molecule has 1 aliphatic rings. The fourth-order valence-corrected chi connectivity index (χ4v) is 2.83. The molecule has 0 unspecified atom stereocenters. The smallest absolute Gasteiger partial charge is 0.264 e. The van der Waals surface area contributed by atoms with Gasteiger partial charge >= 0.3 is 0 Å². The minimum atomic E-state index is -0.107. The monoisotopic (exact) mass is 302 g/mol. The van der Waals surface area contributed by atoms with Crippen LogP contribution in [-0.2, 0) is 16.0 Å². The molecule has 0 saturated carbocycles. The van der Waals surface area contributed by atoms with Crippen molar-refractivity contribution in [3.63, 3.8) is 0 Å². The summed E-state index contributed by atoms with van der Waals surface area (Å²) >= 11 is 1.55. The molecule has 0 bridgehead atoms. The number of likely N-dealkylation sites (N-methyl/N-ethyl adjacent to an activating group) is 1. The summed E-state index contributed by atoms with van der Waals surface area (Å²) in [6.45, 7) is 0.0492. The highest BCUT2D eigenvalue weighted by Crippen LogP contribution is 2.33. The van der Waals surface area contributed by atoms with E-state index in [9.17, 15) is 9.59 Å². The Bertz CT molecular complexity index is 682. The molecule has 0 radical (unpaired) electrons. The van der Waals surface area contributed by atoms with Crippen LogP contribution >= 0.6 is 11.3 Å². The fraction of sp³-hybridized carbons (Fsp3) is 0.200. The highest BCUT2D eigenvalue weighted by Gasteiger charge is 2.22. The van der Waals surface area contributed by atoms with E-state index < -0.39 is 0 Å². The van der Waals surface area contributed by atoms with Gasteiger partial charge in [0.05, 0.1) is 12.1 Å². The molecule has 1 N–H and O–H groups in total. The molecule has 0 saturated heterocycles. The number of nitrogens with zero attached hydrogens (tertiary/aromatic N) is 1. The van der Waals surface area contributed by atoms with E-state index in [4.69, 9.17) is 4.74 Å². The maximum Gasteiger partial charge on any atom is 0.264 e. The number of carbonyl (C=O) groups is 2. The van der Waals surface area contributed by atoms with Gasteiger partial charge in [0, 0.05) is 17.6 Å². The summed E-state index contributed by atoms with van der Waals surface area (Å²) in [6, 6.07) is 9.13. The lowest BCUT2D eigenvalue weighted by Gasteiger charge is -2.26. The number of nitrogens with one attached hydrogen (secondary N) is 1. The zero-order valence-electron chi connectivity index (χ0n) is 11.5. The van der Waals surface area contributed by atoms with Crippen LogP contribution in [0.4, 0.5) is 11.4 Å². The van der Waals surface area contributed by atoms with Crippen LogP contribution in [0.2, 0.25) is 0 Å². The standard InChI is InChI=1S/C15H14N2O3S/c1-17-12-7-10(4-5-13(12)20-9-15(17)19)16-14(18)8-11-3-2-6-21-11/h2-7H,8-9H2,1H3,(H,16,18). The van der Waals surface area contributed by atoms with E-state index in [2.05, 4.69) is 5.32 Å². The molecule has 0 spiro atoms. The van der Waals surface area contributed by atoms with E-state index >= 15 is 0 Å². The van der Waals surface area contributed by atoms with Gasteiger partial charge in [0.2, 0.25) is 5.91 Å². The maximum atomic E-state index is 12.0. The summed E-state index contributed by atoms with van der Waals surface area (Å²) in [7, 11) is 1.70. The average Bonchev–Trinajstić information content (AvgIpc) is 2.96. The minimum Gasteiger partial charge on any atom is -0.482 e. The Morgan fingerprint density at radius 2 is 2.29 bits per heavy atom. The molecule has 0 fully saturated rings. The number of benzene rings is 1. The summed E-state index contributed by atoms with van der Waals surface area (Å²) in [5.74, 6) is 0.459. The van der Waals surface area contributed by atoms with E-state index in [0.29, 0.717) is 23.5 Å². The number of thiophene rings is 1. The summed E-state index contributed by atoms with van der Waals surface area (Å²) in [4.78, 5) is 26.1. The minimum absolute atomic E-state index is 0.0492. The zero-order chi connectivity index (χ0) is 14.8. The first-order chi connectivity index (χ1) is 10.1. The van der Waals surface area contributed by atoms with E-state index in [0.717, 1.165) is 4.88 Å². The normalized spacial score (nSPS) is 13.6. The van der Waals surface area contributed by atoms with E-state index in [1.54, 1.807) is 36.6 Å². The van der Waals surface area contributed by atoms with Crippen LogP contribution < -0.4 is 15.0 Å². The fourth-order valence-electron chi connectivity index (χ4n) is 2.13. The van der Waals surface area contributed by atoms with Crippen LogP contribution in [0.25, 0.3) is 0 Å². The SMILES string of the molecule is CN1C(=O)COc2ccc(NC(=O)Cc3cccs3)cc21. The number of ether oxygens (including phenoxy) is 1. The Morgan fingerprint density at radius 1 is 1.43 bits per heavy atom. The Balaban J connectivity index is 1.74. The van der Waals surface area contributed by atoms with Gasteiger partial charge in [-0.1, -0.05) is 6.07 Å². The molecule has 0 aliphatic carbocycles. The van der Waals surface area contributed by atoms with Crippen LogP contribution in [0, 0.1) is 0 Å². The molecule has 0 atom stereocenters. The molecule has 1 aromatic heterocycles. The highest BCUT2D eigenvalue weighted by molar-refractivity contribution is 7.10. The van der Waals surface area contributed by atoms with Gasteiger partial charge < -0.3 is 15.0 Å². The van der Waals surface area contributed by atoms with E-state index in [1.165, 1.54) is 4.90 Å². The maximum absolute atomic E-state index is 12.0. The van der Waals surface area contributed by atoms with Crippen molar-refractivity contribution in [3.05, 3.63) is 40.6 Å². The Kier molecular flexibility index (Phi) is 3.62. The molecule has 2 aromatic rings. The van der Waals surface area contributed by atoms with Gasteiger partial charge in [-0.25, -0.2) is 0 Å². The Hall–Kier alpha value is -2.34. The van der Waals surface area contributed by atoms with Crippen LogP contribution in [0.5, 0.6) is 5.75 Å². The summed E-state index contributed by atoms with van der Waals surface area (Å²) < 4.78 is 5.35. The van der Waals surface area contributed by atoms with Crippen LogP contribution in [0.3, 0.4) is 0 Å². The van der Waals surface area contributed by atoms with E-state index in [1.807, 2.05) is 17.5 Å². The predicted octanol–water partition coefficient (Wildman–Crippen LogP) is 2.28. The number of amides is 2. The molecular weight excluding hydrogens is 288 g/mol. The van der Waals surface area contributed by atoms with Crippen molar-refractivity contribution < 1.29 is 14.3 Å². The molecule has 21 heavy (non-hydrogen) atoms. The van der Waals surface area contributed by atoms with Crippen LogP contribution in [0.1, 0.15) is 4.88 Å². The lowest BCUT2D eigenvalue weighted by molar-refractivity contribution is -0.121. The number of anilines is 2. The zero-order valence-corrected chi connectivity index (χ0v) is 12.3. The van der Waals surface area contributed by atoms with Crippen molar-refractivity contribution in [2.75, 3.05) is 23.9 Å². The van der Waals surface area contributed by atoms with Crippen molar-refractivity contribution in [1.29, 1.82) is 0 Å². The summed E-state index contributed by atoms with van der Waals surface area (Å²) in [5, 5.41) is 4.78. The third kappa shape index (κ3) is 2.90. The topological polar surface area (TPSA) is 58.6 Å². The number of fused-ring (bicyclic) bond motifs is 1. The number of rotatable bonds is 3. The predicted molar refractivity (Wildman–Crippen MR) is 82.0 cm³/mol. The van der Waals surface area contributed by atoms with Gasteiger partial charge in [0.15, 0.2) is 6.61 Å². The van der Waals surface area contributed by atoms with Crippen molar-refractivity contribution in [1.82, 2.24) is 0 Å². The third-order valence-corrected chi connectivity index (χ3v) is 4.12. The third-order valence-electron chi connectivity index (χ3n) is 3.24. The largest absolute Gasteiger partial charge is 0.482 e. The first-order valence-electron chi connectivity index (χ1n) is 6.49. The van der Waals surface area contributed by atoms with Crippen LogP contribution in [0.15, 0.2) is 35.7 Å². The second kappa shape index (κ2) is 5.57. The molecule has 3 rings (SSSR count). The summed E-state index contributed by atoms with van der Waals surface area (Å²) in [6.07, 6.45) is 0.347. The Labute approximate surface area is 126 Å². The molecule has 108 valence electrons. The van der Waals surface area contributed by atoms with Crippen molar-refractivity contribution in [3.8, 4) is 5.75 Å². The number of hydrogen-bond donors (Lipinski definition) is 1. The molecule has 2 heterocycles. The van der Waals surface area contributed by atoms with E-state index in [-0.39, 0.29) is 18.4 Å². The molecule has 1 aliphatic heterocycles. The second-order valence-corrected chi connectivity index (χ2v) is 5.76. The average molecular weight is 302 g/mol. The molecule has 2 amide bonds. The van der Waals surface area contributed by atoms with Gasteiger partial charge in [-0.2, -0.15) is 0 Å². The van der Waals surface area contributed by atoms with Gasteiger partial charge in [0.1, 0.15) is 5.75 Å². The second-order valence-electron chi connectivity index (χ2n) is 4.73. The van der Waals surface area contributed by atoms with Crippen LogP contribution in [-0.4, -0.2) is 25.5 Å². The van der Waals surface area contributed by atoms with Crippen molar-refractivity contribution in [2.45, 2.75) is 6.42 Å². The van der Waals surface area contributed by atoms with Crippen molar-refractivity contribution in [2.24, 2.45) is 0 Å². The molecule has 1 aromatic carbocycles. The molecule has 6 heteroatoms. The molecular formula is C15H14N2O3S. The lowest BCUT2D eigenvalue weighted by atomic mass is 10.2. The van der Waals surface area contributed by atoms with Gasteiger partial charge in [-0.3, -0.25) is 9.59 Å².